The molecule has 0 spiro atoms. The molecule has 1 amide bonds. The Morgan fingerprint density at radius 2 is 1.68 bits per heavy atom. The summed E-state index contributed by atoms with van der Waals surface area (Å²) >= 11 is 0. The van der Waals surface area contributed by atoms with E-state index >= 15 is 0 Å². The molecule has 2 fully saturated rings. The Balaban J connectivity index is 1.55. The van der Waals surface area contributed by atoms with Crippen LogP contribution in [0.4, 0.5) is 10.1 Å². The highest BCUT2D eigenvalue weighted by Crippen LogP contribution is 2.23. The molecule has 1 atom stereocenters. The largest absolute Gasteiger partial charge is 0.367 e. The topological polar surface area (TPSA) is 47.1 Å². The molecule has 1 aromatic rings. The van der Waals surface area contributed by atoms with Gasteiger partial charge in [-0.1, -0.05) is 6.92 Å². The number of nitrogens with zero attached hydrogens (tertiary/aromatic N) is 4. The third kappa shape index (κ3) is 4.52. The zero-order valence-corrected chi connectivity index (χ0v) is 17.2. The SMILES string of the molecule is CCN1CCN(C(=O)[C@@H](C)N2CCN(c3ccc(C(C)=O)cc3F)CC2)CC1. The third-order valence-corrected chi connectivity index (χ3v) is 6.05. The number of hydrogen-bond donors (Lipinski definition) is 0. The molecule has 154 valence electrons. The van der Waals surface area contributed by atoms with Crippen LogP contribution in [0.25, 0.3) is 0 Å². The van der Waals surface area contributed by atoms with Crippen LogP contribution in [0.2, 0.25) is 0 Å². The summed E-state index contributed by atoms with van der Waals surface area (Å²) in [6.07, 6.45) is 0. The number of piperazine rings is 2. The van der Waals surface area contributed by atoms with E-state index in [-0.39, 0.29) is 23.5 Å². The zero-order chi connectivity index (χ0) is 20.3. The summed E-state index contributed by atoms with van der Waals surface area (Å²) < 4.78 is 14.4. The Kier molecular flexibility index (Phi) is 6.67. The molecule has 28 heavy (non-hydrogen) atoms. The summed E-state index contributed by atoms with van der Waals surface area (Å²) in [5, 5.41) is 0. The normalized spacial score (nSPS) is 20.3. The van der Waals surface area contributed by atoms with Crippen LogP contribution >= 0.6 is 0 Å². The number of amides is 1. The first-order valence-electron chi connectivity index (χ1n) is 10.2. The lowest BCUT2D eigenvalue weighted by atomic mass is 10.1. The van der Waals surface area contributed by atoms with E-state index in [0.29, 0.717) is 24.3 Å². The van der Waals surface area contributed by atoms with Gasteiger partial charge in [0.15, 0.2) is 5.78 Å². The Morgan fingerprint density at radius 1 is 1.04 bits per heavy atom. The van der Waals surface area contributed by atoms with Gasteiger partial charge in [0, 0.05) is 57.9 Å². The average molecular weight is 391 g/mol. The molecule has 0 radical (unpaired) electrons. The lowest BCUT2D eigenvalue weighted by Gasteiger charge is -2.41. The quantitative estimate of drug-likeness (QED) is 0.717. The Labute approximate surface area is 166 Å². The monoisotopic (exact) mass is 390 g/mol. The number of benzene rings is 1. The van der Waals surface area contributed by atoms with Crippen LogP contribution < -0.4 is 4.90 Å². The lowest BCUT2D eigenvalue weighted by Crippen LogP contribution is -2.57. The highest BCUT2D eigenvalue weighted by Gasteiger charge is 2.30. The van der Waals surface area contributed by atoms with Gasteiger partial charge in [0.1, 0.15) is 5.82 Å². The first-order chi connectivity index (χ1) is 13.4. The Morgan fingerprint density at radius 3 is 2.21 bits per heavy atom. The molecule has 0 N–H and O–H groups in total. The smallest absolute Gasteiger partial charge is 0.239 e. The van der Waals surface area contributed by atoms with Crippen molar-refractivity contribution in [2.24, 2.45) is 0 Å². The molecule has 0 saturated carbocycles. The number of rotatable bonds is 5. The minimum atomic E-state index is -0.362. The van der Waals surface area contributed by atoms with Crippen molar-refractivity contribution in [2.45, 2.75) is 26.8 Å². The van der Waals surface area contributed by atoms with E-state index < -0.39 is 0 Å². The summed E-state index contributed by atoms with van der Waals surface area (Å²) in [6, 6.07) is 4.52. The maximum absolute atomic E-state index is 14.4. The Hall–Kier alpha value is -1.99. The summed E-state index contributed by atoms with van der Waals surface area (Å²) in [5.41, 5.74) is 0.918. The molecule has 2 saturated heterocycles. The van der Waals surface area contributed by atoms with Crippen LogP contribution in [0.5, 0.6) is 0 Å². The standard InChI is InChI=1S/C21H31FN4O2/c1-4-23-7-9-26(10-8-23)21(28)16(2)24-11-13-25(14-12-24)20-6-5-18(17(3)27)15-19(20)22/h5-6,15-16H,4,7-14H2,1-3H3/t16-/m1/s1. The molecule has 3 rings (SSSR count). The summed E-state index contributed by atoms with van der Waals surface area (Å²) in [4.78, 5) is 32.8. The van der Waals surface area contributed by atoms with Gasteiger partial charge in [-0.25, -0.2) is 4.39 Å². The predicted octanol–water partition coefficient (Wildman–Crippen LogP) is 1.70. The van der Waals surface area contributed by atoms with Gasteiger partial charge in [0.25, 0.3) is 0 Å². The molecule has 2 heterocycles. The van der Waals surface area contributed by atoms with Crippen LogP contribution in [-0.2, 0) is 4.79 Å². The second kappa shape index (κ2) is 9.01. The molecule has 0 aliphatic carbocycles. The predicted molar refractivity (Wildman–Crippen MR) is 108 cm³/mol. The van der Waals surface area contributed by atoms with Crippen molar-refractivity contribution in [3.63, 3.8) is 0 Å². The van der Waals surface area contributed by atoms with Crippen molar-refractivity contribution in [3.8, 4) is 0 Å². The molecule has 7 heteroatoms. The van der Waals surface area contributed by atoms with Crippen LogP contribution in [0.3, 0.4) is 0 Å². The van der Waals surface area contributed by atoms with E-state index in [1.54, 1.807) is 12.1 Å². The summed E-state index contributed by atoms with van der Waals surface area (Å²) in [7, 11) is 0. The first-order valence-corrected chi connectivity index (χ1v) is 10.2. The molecular formula is C21H31FN4O2. The number of halogens is 1. The maximum atomic E-state index is 14.4. The van der Waals surface area contributed by atoms with Gasteiger partial charge in [-0.15, -0.1) is 0 Å². The molecule has 0 bridgehead atoms. The van der Waals surface area contributed by atoms with Crippen LogP contribution in [0, 0.1) is 5.82 Å². The number of carbonyl (C=O) groups is 2. The summed E-state index contributed by atoms with van der Waals surface area (Å²) in [6.45, 7) is 12.8. The fourth-order valence-corrected chi connectivity index (χ4v) is 4.04. The van der Waals surface area contributed by atoms with Crippen molar-refractivity contribution in [2.75, 3.05) is 63.8 Å². The van der Waals surface area contributed by atoms with Crippen molar-refractivity contribution in [1.29, 1.82) is 0 Å². The lowest BCUT2D eigenvalue weighted by molar-refractivity contribution is -0.138. The maximum Gasteiger partial charge on any atom is 0.239 e. The van der Waals surface area contributed by atoms with E-state index in [1.807, 2.05) is 16.7 Å². The van der Waals surface area contributed by atoms with Gasteiger partial charge in [0.05, 0.1) is 11.7 Å². The fraction of sp³-hybridized carbons (Fsp3) is 0.619. The molecule has 6 nitrogen and oxygen atoms in total. The average Bonchev–Trinajstić information content (AvgIpc) is 2.72. The highest BCUT2D eigenvalue weighted by atomic mass is 19.1. The second-order valence-electron chi connectivity index (χ2n) is 7.68. The first kappa shape index (κ1) is 20.7. The van der Waals surface area contributed by atoms with Gasteiger partial charge < -0.3 is 14.7 Å². The fourth-order valence-electron chi connectivity index (χ4n) is 4.04. The number of carbonyl (C=O) groups excluding carboxylic acids is 2. The van der Waals surface area contributed by atoms with E-state index in [9.17, 15) is 14.0 Å². The minimum Gasteiger partial charge on any atom is -0.367 e. The van der Waals surface area contributed by atoms with E-state index in [4.69, 9.17) is 0 Å². The summed E-state index contributed by atoms with van der Waals surface area (Å²) in [5.74, 6) is -0.303. The third-order valence-electron chi connectivity index (χ3n) is 6.05. The van der Waals surface area contributed by atoms with Gasteiger partial charge in [-0.3, -0.25) is 14.5 Å². The number of hydrogen-bond acceptors (Lipinski definition) is 5. The van der Waals surface area contributed by atoms with Gasteiger partial charge in [-0.05, 0) is 38.6 Å². The van der Waals surface area contributed by atoms with E-state index in [1.165, 1.54) is 13.0 Å². The molecule has 2 aliphatic heterocycles. The van der Waals surface area contributed by atoms with Gasteiger partial charge in [0.2, 0.25) is 5.91 Å². The second-order valence-corrected chi connectivity index (χ2v) is 7.68. The van der Waals surface area contributed by atoms with Gasteiger partial charge in [-0.2, -0.15) is 0 Å². The number of ketones is 1. The Bertz CT molecular complexity index is 710. The van der Waals surface area contributed by atoms with Crippen LogP contribution in [-0.4, -0.2) is 91.3 Å². The molecule has 2 aliphatic rings. The molecule has 1 aromatic carbocycles. The van der Waals surface area contributed by atoms with Crippen LogP contribution in [0.1, 0.15) is 31.1 Å². The molecule has 0 unspecified atom stereocenters. The minimum absolute atomic E-state index is 0.137. The van der Waals surface area contributed by atoms with E-state index in [2.05, 4.69) is 16.7 Å². The zero-order valence-electron chi connectivity index (χ0n) is 17.2. The van der Waals surface area contributed by atoms with Gasteiger partial charge >= 0.3 is 0 Å². The van der Waals surface area contributed by atoms with Crippen molar-refractivity contribution in [1.82, 2.24) is 14.7 Å². The highest BCUT2D eigenvalue weighted by molar-refractivity contribution is 5.94. The van der Waals surface area contributed by atoms with Crippen molar-refractivity contribution >= 4 is 17.4 Å². The van der Waals surface area contributed by atoms with Crippen LogP contribution in [0.15, 0.2) is 18.2 Å². The number of Topliss-reactive ketones (excluding diaryl/α,β-unsaturated/α-hetero) is 1. The van der Waals surface area contributed by atoms with Crippen molar-refractivity contribution in [3.05, 3.63) is 29.6 Å². The van der Waals surface area contributed by atoms with Crippen molar-refractivity contribution < 1.29 is 14.0 Å². The molecule has 0 aromatic heterocycles. The van der Waals surface area contributed by atoms with E-state index in [0.717, 1.165) is 45.8 Å². The molecular weight excluding hydrogens is 359 g/mol. The number of anilines is 1. The number of likely N-dealkylation sites (N-methyl/N-ethyl adjacent to an activating group) is 1.